The van der Waals surface area contributed by atoms with E-state index in [0.29, 0.717) is 51.0 Å². The van der Waals surface area contributed by atoms with Crippen LogP contribution in [0.25, 0.3) is 0 Å². The molecule has 35 heavy (non-hydrogen) atoms. The van der Waals surface area contributed by atoms with E-state index in [4.69, 9.17) is 0 Å². The number of nitrogens with zero attached hydrogens (tertiary/aromatic N) is 4. The topological polar surface area (TPSA) is 124 Å². The van der Waals surface area contributed by atoms with Crippen LogP contribution in [-0.2, 0) is 26.2 Å². The molecule has 11 nitrogen and oxygen atoms in total. The van der Waals surface area contributed by atoms with Crippen LogP contribution in [0.5, 0.6) is 0 Å². The summed E-state index contributed by atoms with van der Waals surface area (Å²) in [6.07, 6.45) is 3.81. The quantitative estimate of drug-likeness (QED) is 0.575. The molecule has 5 rings (SSSR count). The first-order chi connectivity index (χ1) is 16.7. The number of amides is 5. The molecule has 4 atom stereocenters. The fourth-order valence-electron chi connectivity index (χ4n) is 6.01. The van der Waals surface area contributed by atoms with Crippen LogP contribution >= 0.6 is 0 Å². The van der Waals surface area contributed by atoms with Crippen molar-refractivity contribution < 1.29 is 24.0 Å². The highest BCUT2D eigenvalue weighted by molar-refractivity contribution is 5.97. The molecule has 0 saturated carbocycles. The zero-order valence-corrected chi connectivity index (χ0v) is 20.1. The molecule has 11 heteroatoms. The van der Waals surface area contributed by atoms with Crippen molar-refractivity contribution in [3.63, 3.8) is 0 Å². The van der Waals surface area contributed by atoms with Crippen LogP contribution in [0.15, 0.2) is 18.3 Å². The van der Waals surface area contributed by atoms with Gasteiger partial charge in [0.2, 0.25) is 23.6 Å². The second-order valence-corrected chi connectivity index (χ2v) is 10.1. The lowest BCUT2D eigenvalue weighted by atomic mass is 9.94. The predicted molar refractivity (Wildman–Crippen MR) is 124 cm³/mol. The maximum absolute atomic E-state index is 13.7. The van der Waals surface area contributed by atoms with Gasteiger partial charge in [-0.1, -0.05) is 0 Å². The SMILES string of the molecule is CC(=O)N1CCC(C(=O)N2CCC3NC(=O)C4CC(NC(=O)c5cccn5C)CN4C(=O)C32)CC1. The number of nitrogens with one attached hydrogen (secondary N) is 2. The van der Waals surface area contributed by atoms with Crippen molar-refractivity contribution in [1.29, 1.82) is 0 Å². The number of rotatable bonds is 3. The number of aromatic nitrogens is 1. The summed E-state index contributed by atoms with van der Waals surface area (Å²) in [7, 11) is 1.78. The second kappa shape index (κ2) is 9.01. The molecule has 1 aromatic rings. The van der Waals surface area contributed by atoms with E-state index in [9.17, 15) is 24.0 Å². The van der Waals surface area contributed by atoms with Crippen molar-refractivity contribution in [1.82, 2.24) is 29.9 Å². The van der Waals surface area contributed by atoms with E-state index >= 15 is 0 Å². The second-order valence-electron chi connectivity index (χ2n) is 10.1. The lowest BCUT2D eigenvalue weighted by molar-refractivity contribution is -0.148. The zero-order chi connectivity index (χ0) is 24.9. The lowest BCUT2D eigenvalue weighted by Gasteiger charge is -2.35. The molecule has 188 valence electrons. The minimum absolute atomic E-state index is 0.00708. The predicted octanol–water partition coefficient (Wildman–Crippen LogP) is -0.918. The van der Waals surface area contributed by atoms with Crippen LogP contribution in [0.4, 0.5) is 0 Å². The molecule has 0 aromatic carbocycles. The zero-order valence-electron chi connectivity index (χ0n) is 20.1. The van der Waals surface area contributed by atoms with E-state index in [-0.39, 0.29) is 48.0 Å². The fraction of sp³-hybridized carbons (Fsp3) is 0.625. The molecule has 0 aliphatic carbocycles. The molecule has 5 heterocycles. The standard InChI is InChI=1S/C24H32N6O5/c1-14(31)28-9-5-15(6-10-28)23(34)29-11-7-17-20(29)24(35)30-13-16(12-19(30)22(33)26-17)25-21(32)18-4-3-8-27(18)2/h3-4,8,15-17,19-20H,5-7,9-13H2,1-2H3,(H,25,32)(H,26,33). The van der Waals surface area contributed by atoms with Crippen LogP contribution in [0, 0.1) is 5.92 Å². The molecule has 4 aliphatic heterocycles. The molecule has 4 unspecified atom stereocenters. The van der Waals surface area contributed by atoms with E-state index in [0.717, 1.165) is 0 Å². The van der Waals surface area contributed by atoms with Gasteiger partial charge in [0, 0.05) is 58.3 Å². The molecule has 0 bridgehead atoms. The Kier molecular flexibility index (Phi) is 6.02. The van der Waals surface area contributed by atoms with Gasteiger partial charge < -0.3 is 29.9 Å². The smallest absolute Gasteiger partial charge is 0.268 e. The maximum Gasteiger partial charge on any atom is 0.268 e. The number of carbonyl (C=O) groups excluding carboxylic acids is 5. The number of carbonyl (C=O) groups is 5. The lowest BCUT2D eigenvalue weighted by Crippen LogP contribution is -2.54. The molecule has 2 N–H and O–H groups in total. The normalized spacial score (nSPS) is 28.9. The summed E-state index contributed by atoms with van der Waals surface area (Å²) in [5, 5.41) is 5.95. The fourth-order valence-corrected chi connectivity index (χ4v) is 6.01. The number of fused-ring (bicyclic) bond motifs is 2. The summed E-state index contributed by atoms with van der Waals surface area (Å²) in [5.74, 6) is -1.02. The number of hydrogen-bond acceptors (Lipinski definition) is 5. The van der Waals surface area contributed by atoms with Gasteiger partial charge in [0.25, 0.3) is 5.91 Å². The third-order valence-corrected chi connectivity index (χ3v) is 7.95. The average Bonchev–Trinajstić information content (AvgIpc) is 3.55. The van der Waals surface area contributed by atoms with Gasteiger partial charge in [-0.2, -0.15) is 0 Å². The van der Waals surface area contributed by atoms with Gasteiger partial charge in [0.15, 0.2) is 0 Å². The summed E-state index contributed by atoms with van der Waals surface area (Å²) in [5.41, 5.74) is 0.506. The van der Waals surface area contributed by atoms with E-state index in [1.54, 1.807) is 44.6 Å². The summed E-state index contributed by atoms with van der Waals surface area (Å²) in [4.78, 5) is 69.3. The van der Waals surface area contributed by atoms with Gasteiger partial charge >= 0.3 is 0 Å². The minimum Gasteiger partial charge on any atom is -0.349 e. The van der Waals surface area contributed by atoms with Gasteiger partial charge in [0.1, 0.15) is 17.8 Å². The van der Waals surface area contributed by atoms with Crippen molar-refractivity contribution in [2.75, 3.05) is 26.2 Å². The first-order valence-corrected chi connectivity index (χ1v) is 12.3. The van der Waals surface area contributed by atoms with Gasteiger partial charge in [-0.3, -0.25) is 24.0 Å². The van der Waals surface area contributed by atoms with Crippen LogP contribution < -0.4 is 10.6 Å². The first-order valence-electron chi connectivity index (χ1n) is 12.3. The molecule has 5 amide bonds. The minimum atomic E-state index is -0.732. The van der Waals surface area contributed by atoms with Crippen LogP contribution in [0.3, 0.4) is 0 Å². The molecule has 0 spiro atoms. The summed E-state index contributed by atoms with van der Waals surface area (Å²) >= 11 is 0. The van der Waals surface area contributed by atoms with Crippen molar-refractivity contribution in [3.05, 3.63) is 24.0 Å². The molecule has 1 aromatic heterocycles. The molecule has 4 fully saturated rings. The van der Waals surface area contributed by atoms with E-state index < -0.39 is 18.1 Å². The largest absolute Gasteiger partial charge is 0.349 e. The number of piperidine rings is 1. The van der Waals surface area contributed by atoms with Crippen molar-refractivity contribution >= 4 is 29.5 Å². The number of hydrogen-bond donors (Lipinski definition) is 2. The summed E-state index contributed by atoms with van der Waals surface area (Å²) < 4.78 is 1.72. The van der Waals surface area contributed by atoms with Crippen molar-refractivity contribution in [2.45, 2.75) is 56.8 Å². The highest BCUT2D eigenvalue weighted by Gasteiger charge is 2.53. The van der Waals surface area contributed by atoms with Crippen molar-refractivity contribution in [3.8, 4) is 0 Å². The van der Waals surface area contributed by atoms with Gasteiger partial charge in [0.05, 0.1) is 6.04 Å². The molecular weight excluding hydrogens is 452 g/mol. The van der Waals surface area contributed by atoms with E-state index in [1.165, 1.54) is 6.92 Å². The Balaban J connectivity index is 1.28. The Morgan fingerprint density at radius 2 is 1.83 bits per heavy atom. The highest BCUT2D eigenvalue weighted by Crippen LogP contribution is 2.31. The first kappa shape index (κ1) is 23.4. The maximum atomic E-state index is 13.7. The monoisotopic (exact) mass is 484 g/mol. The number of likely N-dealkylation sites (tertiary alicyclic amines) is 2. The molecule has 4 aliphatic rings. The van der Waals surface area contributed by atoms with Crippen LogP contribution in [0.1, 0.15) is 43.1 Å². The van der Waals surface area contributed by atoms with E-state index in [2.05, 4.69) is 10.6 Å². The average molecular weight is 485 g/mol. The van der Waals surface area contributed by atoms with Crippen LogP contribution in [0.2, 0.25) is 0 Å². The Morgan fingerprint density at radius 3 is 2.49 bits per heavy atom. The third-order valence-electron chi connectivity index (χ3n) is 7.95. The highest BCUT2D eigenvalue weighted by atomic mass is 16.2. The molecule has 4 saturated heterocycles. The summed E-state index contributed by atoms with van der Waals surface area (Å²) in [6.45, 7) is 3.25. The number of aryl methyl sites for hydroxylation is 1. The van der Waals surface area contributed by atoms with Gasteiger partial charge in [-0.15, -0.1) is 0 Å². The van der Waals surface area contributed by atoms with Crippen LogP contribution in [-0.4, -0.2) is 99.1 Å². The van der Waals surface area contributed by atoms with Gasteiger partial charge in [-0.05, 0) is 37.8 Å². The Morgan fingerprint density at radius 1 is 1.09 bits per heavy atom. The third kappa shape index (κ3) is 4.17. The van der Waals surface area contributed by atoms with Gasteiger partial charge in [-0.25, -0.2) is 0 Å². The summed E-state index contributed by atoms with van der Waals surface area (Å²) in [6, 6.07) is 1.35. The van der Waals surface area contributed by atoms with Crippen molar-refractivity contribution in [2.24, 2.45) is 13.0 Å². The Labute approximate surface area is 203 Å². The Bertz CT molecular complexity index is 1060. The molecular formula is C24H32N6O5. The van der Waals surface area contributed by atoms with E-state index in [1.807, 2.05) is 0 Å². The Hall–Kier alpha value is -3.37. The molecule has 0 radical (unpaired) electrons.